The number of alkyl halides is 1. The maximum Gasteiger partial charge on any atom is 0.337 e. The number of aliphatic hydroxyl groups is 1. The van der Waals surface area contributed by atoms with Crippen molar-refractivity contribution in [1.82, 2.24) is 0 Å². The van der Waals surface area contributed by atoms with Gasteiger partial charge in [0.25, 0.3) is 0 Å². The number of hydrogen-bond acceptors (Lipinski definition) is 3. The van der Waals surface area contributed by atoms with Crippen molar-refractivity contribution in [2.75, 3.05) is 6.61 Å². The van der Waals surface area contributed by atoms with Crippen molar-refractivity contribution in [3.8, 4) is 0 Å². The molecule has 4 heteroatoms. The Labute approximate surface area is 106 Å². The van der Waals surface area contributed by atoms with Crippen molar-refractivity contribution in [3.63, 3.8) is 0 Å². The first-order valence-electron chi connectivity index (χ1n) is 5.65. The lowest BCUT2D eigenvalue weighted by Crippen LogP contribution is -2.41. The normalized spacial score (nSPS) is 16.0. The van der Waals surface area contributed by atoms with E-state index in [-0.39, 0.29) is 6.61 Å². The SMILES string of the molecule is CCOC(=O)[C@@H](O)[C@@](Cl)(CC)c1ccccc1. The maximum atomic E-state index is 11.6. The summed E-state index contributed by atoms with van der Waals surface area (Å²) >= 11 is 6.38. The largest absolute Gasteiger partial charge is 0.464 e. The van der Waals surface area contributed by atoms with Crippen LogP contribution in [0, 0.1) is 0 Å². The number of benzene rings is 1. The molecule has 0 amide bonds. The number of aliphatic hydroxyl groups excluding tert-OH is 1. The van der Waals surface area contributed by atoms with Crippen LogP contribution in [0.3, 0.4) is 0 Å². The van der Waals surface area contributed by atoms with Gasteiger partial charge in [-0.25, -0.2) is 4.79 Å². The van der Waals surface area contributed by atoms with E-state index in [1.54, 1.807) is 19.1 Å². The van der Waals surface area contributed by atoms with E-state index in [4.69, 9.17) is 16.3 Å². The first kappa shape index (κ1) is 14.0. The third kappa shape index (κ3) is 2.99. The van der Waals surface area contributed by atoms with Crippen LogP contribution in [-0.2, 0) is 14.4 Å². The average molecular weight is 257 g/mol. The third-order valence-corrected chi connectivity index (χ3v) is 3.40. The first-order chi connectivity index (χ1) is 8.06. The second-order valence-corrected chi connectivity index (χ2v) is 4.41. The highest BCUT2D eigenvalue weighted by Gasteiger charge is 2.41. The third-order valence-electron chi connectivity index (χ3n) is 2.71. The van der Waals surface area contributed by atoms with Crippen LogP contribution in [-0.4, -0.2) is 23.8 Å². The monoisotopic (exact) mass is 256 g/mol. The van der Waals surface area contributed by atoms with Crippen LogP contribution in [0.4, 0.5) is 0 Å². The molecule has 0 radical (unpaired) electrons. The minimum Gasteiger partial charge on any atom is -0.464 e. The Kier molecular flexibility index (Phi) is 4.97. The van der Waals surface area contributed by atoms with E-state index in [0.717, 1.165) is 0 Å². The molecule has 1 aromatic rings. The summed E-state index contributed by atoms with van der Waals surface area (Å²) in [5.41, 5.74) is 0.713. The van der Waals surface area contributed by atoms with Crippen LogP contribution in [0.15, 0.2) is 30.3 Å². The zero-order valence-electron chi connectivity index (χ0n) is 10.0. The lowest BCUT2D eigenvalue weighted by atomic mass is 9.90. The van der Waals surface area contributed by atoms with Crippen LogP contribution in [0.25, 0.3) is 0 Å². The quantitative estimate of drug-likeness (QED) is 0.650. The number of carbonyl (C=O) groups excluding carboxylic acids is 1. The zero-order valence-corrected chi connectivity index (χ0v) is 10.8. The van der Waals surface area contributed by atoms with Gasteiger partial charge >= 0.3 is 5.97 Å². The minimum absolute atomic E-state index is 0.224. The van der Waals surface area contributed by atoms with Crippen LogP contribution >= 0.6 is 11.6 Å². The summed E-state index contributed by atoms with van der Waals surface area (Å²) in [6.07, 6.45) is -0.935. The Hall–Kier alpha value is -1.06. The van der Waals surface area contributed by atoms with Gasteiger partial charge in [-0.3, -0.25) is 0 Å². The Bertz CT molecular complexity index is 366. The number of halogens is 1. The summed E-state index contributed by atoms with van der Waals surface area (Å²) in [4.78, 5) is 10.4. The molecule has 1 N–H and O–H groups in total. The summed E-state index contributed by atoms with van der Waals surface area (Å²) in [5, 5.41) is 10.0. The molecule has 0 aliphatic heterocycles. The summed E-state index contributed by atoms with van der Waals surface area (Å²) in [6, 6.07) is 9.07. The van der Waals surface area contributed by atoms with Crippen LogP contribution in [0.5, 0.6) is 0 Å². The number of carbonyl (C=O) groups is 1. The minimum atomic E-state index is -1.36. The van der Waals surface area contributed by atoms with Gasteiger partial charge in [0.1, 0.15) is 4.87 Å². The van der Waals surface area contributed by atoms with E-state index in [1.165, 1.54) is 0 Å². The van der Waals surface area contributed by atoms with Crippen LogP contribution in [0.2, 0.25) is 0 Å². The van der Waals surface area contributed by atoms with Gasteiger partial charge in [-0.2, -0.15) is 0 Å². The van der Waals surface area contributed by atoms with E-state index in [0.29, 0.717) is 12.0 Å². The Morgan fingerprint density at radius 1 is 1.41 bits per heavy atom. The summed E-state index contributed by atoms with van der Waals surface area (Å²) < 4.78 is 4.80. The van der Waals surface area contributed by atoms with Gasteiger partial charge < -0.3 is 9.84 Å². The van der Waals surface area contributed by atoms with Crippen molar-refractivity contribution in [3.05, 3.63) is 35.9 Å². The van der Waals surface area contributed by atoms with Gasteiger partial charge in [0.15, 0.2) is 6.10 Å². The lowest BCUT2D eigenvalue weighted by molar-refractivity contribution is -0.155. The fourth-order valence-corrected chi connectivity index (χ4v) is 1.89. The van der Waals surface area contributed by atoms with Crippen molar-refractivity contribution in [2.24, 2.45) is 0 Å². The Balaban J connectivity index is 3.00. The highest BCUT2D eigenvalue weighted by atomic mass is 35.5. The molecular formula is C13H17ClO3. The molecule has 1 rings (SSSR count). The van der Waals surface area contributed by atoms with Gasteiger partial charge in [-0.1, -0.05) is 37.3 Å². The molecule has 0 fully saturated rings. The molecule has 0 heterocycles. The molecule has 1 aromatic carbocycles. The molecule has 17 heavy (non-hydrogen) atoms. The second-order valence-electron chi connectivity index (χ2n) is 3.74. The Morgan fingerprint density at radius 3 is 2.47 bits per heavy atom. The van der Waals surface area contributed by atoms with Crippen molar-refractivity contribution in [2.45, 2.75) is 31.2 Å². The van der Waals surface area contributed by atoms with E-state index in [2.05, 4.69) is 0 Å². The molecule has 0 unspecified atom stereocenters. The number of ether oxygens (including phenoxy) is 1. The van der Waals surface area contributed by atoms with Gasteiger partial charge in [0.2, 0.25) is 0 Å². The molecule has 0 spiro atoms. The fourth-order valence-electron chi connectivity index (χ4n) is 1.68. The topological polar surface area (TPSA) is 46.5 Å². The Morgan fingerprint density at radius 2 is 2.00 bits per heavy atom. The van der Waals surface area contributed by atoms with E-state index in [9.17, 15) is 9.90 Å². The zero-order chi connectivity index (χ0) is 12.9. The molecule has 0 aliphatic rings. The highest BCUT2D eigenvalue weighted by molar-refractivity contribution is 6.25. The first-order valence-corrected chi connectivity index (χ1v) is 6.03. The standard InChI is InChI=1S/C13H17ClO3/c1-3-13(14,10-8-6-5-7-9-10)11(15)12(16)17-4-2/h5-9,11,15H,3-4H2,1-2H3/t11-,13-/m1/s1. The van der Waals surface area contributed by atoms with E-state index in [1.807, 2.05) is 25.1 Å². The summed E-state index contributed by atoms with van der Waals surface area (Å²) in [5.74, 6) is -0.687. The van der Waals surface area contributed by atoms with Crippen LogP contribution < -0.4 is 0 Å². The molecule has 0 saturated carbocycles. The molecular weight excluding hydrogens is 240 g/mol. The molecule has 2 atom stereocenters. The van der Waals surface area contributed by atoms with Crippen molar-refractivity contribution in [1.29, 1.82) is 0 Å². The van der Waals surface area contributed by atoms with Gasteiger partial charge in [0.05, 0.1) is 6.61 Å². The average Bonchev–Trinajstić information content (AvgIpc) is 2.38. The number of hydrogen-bond donors (Lipinski definition) is 1. The predicted octanol–water partition coefficient (Wildman–Crippen LogP) is 2.45. The van der Waals surface area contributed by atoms with Gasteiger partial charge in [-0.15, -0.1) is 11.6 Å². The molecule has 3 nitrogen and oxygen atoms in total. The van der Waals surface area contributed by atoms with Crippen molar-refractivity contribution < 1.29 is 14.6 Å². The van der Waals surface area contributed by atoms with Gasteiger partial charge in [-0.05, 0) is 18.9 Å². The van der Waals surface area contributed by atoms with Crippen LogP contribution in [0.1, 0.15) is 25.8 Å². The molecule has 0 aliphatic carbocycles. The van der Waals surface area contributed by atoms with E-state index >= 15 is 0 Å². The second kappa shape index (κ2) is 6.03. The smallest absolute Gasteiger partial charge is 0.337 e. The van der Waals surface area contributed by atoms with Crippen molar-refractivity contribution >= 4 is 17.6 Å². The number of rotatable bonds is 5. The predicted molar refractivity (Wildman–Crippen MR) is 66.9 cm³/mol. The van der Waals surface area contributed by atoms with E-state index < -0.39 is 16.9 Å². The van der Waals surface area contributed by atoms with Gasteiger partial charge in [0, 0.05) is 0 Å². The molecule has 0 bridgehead atoms. The molecule has 0 aromatic heterocycles. The number of esters is 1. The lowest BCUT2D eigenvalue weighted by Gasteiger charge is -2.30. The molecule has 94 valence electrons. The summed E-state index contributed by atoms with van der Waals surface area (Å²) in [6.45, 7) is 3.73. The maximum absolute atomic E-state index is 11.6. The fraction of sp³-hybridized carbons (Fsp3) is 0.462. The summed E-state index contributed by atoms with van der Waals surface area (Å²) in [7, 11) is 0. The highest BCUT2D eigenvalue weighted by Crippen LogP contribution is 2.36. The molecule has 0 saturated heterocycles.